The number of H-pyrrole nitrogens is 1. The minimum atomic E-state index is -1.30. The first-order valence-corrected chi connectivity index (χ1v) is 20.4. The number of phenolic OH excluding ortho intramolecular Hbond substituents is 1. The fourth-order valence-electron chi connectivity index (χ4n) is 10.9. The van der Waals surface area contributed by atoms with Crippen LogP contribution in [0.3, 0.4) is 0 Å². The first-order chi connectivity index (χ1) is 27.3. The molecule has 8 atom stereocenters. The van der Waals surface area contributed by atoms with Gasteiger partial charge in [-0.1, -0.05) is 6.07 Å². The number of ether oxygens (including phenoxy) is 5. The Kier molecular flexibility index (Phi) is 8.46. The molecule has 4 aromatic rings. The smallest absolute Gasteiger partial charge is 0.308 e. The molecule has 57 heavy (non-hydrogen) atoms. The number of rotatable bonds is 2. The monoisotopic (exact) mass is 800 g/mol. The maximum absolute atomic E-state index is 14.9. The summed E-state index contributed by atoms with van der Waals surface area (Å²) >= 11 is 1.51. The van der Waals surface area contributed by atoms with Crippen LogP contribution in [0.25, 0.3) is 10.9 Å². The van der Waals surface area contributed by atoms with Crippen molar-refractivity contribution in [1.29, 1.82) is 0 Å². The summed E-state index contributed by atoms with van der Waals surface area (Å²) in [6.45, 7) is 6.76. The van der Waals surface area contributed by atoms with E-state index in [1.165, 1.54) is 37.9 Å². The molecule has 2 fully saturated rings. The molecule has 11 rings (SSSR count). The van der Waals surface area contributed by atoms with Crippen molar-refractivity contribution < 1.29 is 47.9 Å². The Labute approximate surface area is 332 Å². The SMILES string of the molecule is COc1c(C)cc2c(c1O)[C@@H]1C3[C@@H]4SC[C@]5(NC(C)Cc6c5[nH]c5ccc(F)cc65)C(=O)COC[C@@H](c5c6c(c(C)c(OC(C)=O)c54)OCO6)N3[C@@H](O)[C@H](C2)N1C. The number of aliphatic hydroxyl groups excluding tert-OH is 1. The van der Waals surface area contributed by atoms with Gasteiger partial charge in [-0.2, -0.15) is 0 Å². The molecule has 4 bridgehead atoms. The number of nitrogens with zero attached hydrogens (tertiary/aromatic N) is 2. The number of piperazine rings is 1. The maximum Gasteiger partial charge on any atom is 0.308 e. The van der Waals surface area contributed by atoms with Gasteiger partial charge in [-0.15, -0.1) is 11.8 Å². The Hall–Kier alpha value is -4.38. The number of hydrogen-bond donors (Lipinski definition) is 4. The van der Waals surface area contributed by atoms with Crippen LogP contribution < -0.4 is 24.3 Å². The molecule has 7 aliphatic rings. The number of likely N-dealkylation sites (N-methyl/N-ethyl adjacent to an activating group) is 1. The lowest BCUT2D eigenvalue weighted by molar-refractivity contribution is -0.181. The van der Waals surface area contributed by atoms with Gasteiger partial charge in [0.05, 0.1) is 37.1 Å². The van der Waals surface area contributed by atoms with Gasteiger partial charge < -0.3 is 38.9 Å². The van der Waals surface area contributed by atoms with Crippen molar-refractivity contribution in [2.24, 2.45) is 0 Å². The molecular formula is C42H45FN4O9S. The highest BCUT2D eigenvalue weighted by Gasteiger charge is 2.61. The maximum atomic E-state index is 14.9. The predicted octanol–water partition coefficient (Wildman–Crippen LogP) is 4.75. The Morgan fingerprint density at radius 3 is 2.67 bits per heavy atom. The number of carbonyl (C=O) groups is 2. The molecule has 8 heterocycles. The van der Waals surface area contributed by atoms with E-state index in [2.05, 4.69) is 20.1 Å². The molecule has 0 radical (unpaired) electrons. The molecule has 7 aliphatic heterocycles. The van der Waals surface area contributed by atoms with Crippen molar-refractivity contribution in [2.45, 2.75) is 87.8 Å². The van der Waals surface area contributed by atoms with Crippen LogP contribution in [0.2, 0.25) is 0 Å². The minimum absolute atomic E-state index is 0.0301. The number of aromatic amines is 1. The lowest BCUT2D eigenvalue weighted by atomic mass is 9.73. The zero-order valence-corrected chi connectivity index (χ0v) is 33.3. The molecule has 4 N–H and O–H groups in total. The van der Waals surface area contributed by atoms with E-state index >= 15 is 0 Å². The summed E-state index contributed by atoms with van der Waals surface area (Å²) in [5.41, 5.74) is 5.29. The number of halogens is 1. The lowest BCUT2D eigenvalue weighted by Gasteiger charge is -2.61. The third kappa shape index (κ3) is 5.12. The Balaban J connectivity index is 1.25. The number of Topliss-reactive ketones (excluding diaryl/α,β-unsaturated/α-hetero) is 1. The third-order valence-electron chi connectivity index (χ3n) is 13.1. The molecule has 3 aromatic carbocycles. The van der Waals surface area contributed by atoms with Gasteiger partial charge in [0.25, 0.3) is 0 Å². The van der Waals surface area contributed by atoms with Gasteiger partial charge in [-0.3, -0.25) is 24.7 Å². The van der Waals surface area contributed by atoms with E-state index < -0.39 is 41.1 Å². The summed E-state index contributed by atoms with van der Waals surface area (Å²) < 4.78 is 45.5. The van der Waals surface area contributed by atoms with Crippen molar-refractivity contribution in [3.05, 3.63) is 74.7 Å². The van der Waals surface area contributed by atoms with Crippen LogP contribution in [0.1, 0.15) is 75.8 Å². The molecule has 0 amide bonds. The van der Waals surface area contributed by atoms with Crippen LogP contribution >= 0.6 is 11.8 Å². The normalized spacial score (nSPS) is 30.4. The van der Waals surface area contributed by atoms with Gasteiger partial charge in [-0.05, 0) is 75.5 Å². The number of ketones is 1. The second-order valence-corrected chi connectivity index (χ2v) is 17.5. The van der Waals surface area contributed by atoms with Crippen molar-refractivity contribution in [3.8, 4) is 28.7 Å². The summed E-state index contributed by atoms with van der Waals surface area (Å²) in [4.78, 5) is 35.7. The largest absolute Gasteiger partial charge is 0.504 e. The van der Waals surface area contributed by atoms with Crippen molar-refractivity contribution in [3.63, 3.8) is 0 Å². The van der Waals surface area contributed by atoms with Crippen LogP contribution in [0, 0.1) is 19.7 Å². The Morgan fingerprint density at radius 2 is 1.89 bits per heavy atom. The van der Waals surface area contributed by atoms with Gasteiger partial charge in [0.15, 0.2) is 28.8 Å². The number of aromatic nitrogens is 1. The number of fused-ring (bicyclic) bond motifs is 12. The lowest BCUT2D eigenvalue weighted by Crippen LogP contribution is -2.69. The van der Waals surface area contributed by atoms with Gasteiger partial charge in [0, 0.05) is 63.6 Å². The van der Waals surface area contributed by atoms with Gasteiger partial charge in [0.1, 0.15) is 29.9 Å². The number of phenols is 1. The zero-order chi connectivity index (χ0) is 39.8. The highest BCUT2D eigenvalue weighted by atomic mass is 32.2. The van der Waals surface area contributed by atoms with E-state index in [0.717, 1.165) is 27.6 Å². The number of aliphatic hydroxyl groups is 1. The topological polar surface area (TPSA) is 155 Å². The van der Waals surface area contributed by atoms with Crippen molar-refractivity contribution >= 4 is 34.4 Å². The molecule has 13 nitrogen and oxygen atoms in total. The van der Waals surface area contributed by atoms with Crippen LogP contribution in [0.5, 0.6) is 28.7 Å². The highest BCUT2D eigenvalue weighted by molar-refractivity contribution is 7.99. The average Bonchev–Trinajstić information content (AvgIpc) is 3.79. The van der Waals surface area contributed by atoms with Gasteiger partial charge >= 0.3 is 5.97 Å². The quantitative estimate of drug-likeness (QED) is 0.163. The van der Waals surface area contributed by atoms with Gasteiger partial charge in [-0.25, -0.2) is 4.39 Å². The predicted molar refractivity (Wildman–Crippen MR) is 208 cm³/mol. The summed E-state index contributed by atoms with van der Waals surface area (Å²) in [5, 5.41) is 28.6. The number of benzene rings is 3. The zero-order valence-electron chi connectivity index (χ0n) is 32.5. The number of methoxy groups -OCH3 is 1. The molecule has 0 aliphatic carbocycles. The van der Waals surface area contributed by atoms with Crippen LogP contribution in [0.4, 0.5) is 4.39 Å². The van der Waals surface area contributed by atoms with E-state index in [9.17, 15) is 24.2 Å². The number of esters is 1. The average molecular weight is 801 g/mol. The number of carbonyl (C=O) groups excluding carboxylic acids is 2. The summed E-state index contributed by atoms with van der Waals surface area (Å²) in [6, 6.07) is 4.34. The molecule has 1 aromatic heterocycles. The first kappa shape index (κ1) is 36.9. The molecule has 0 saturated carbocycles. The summed E-state index contributed by atoms with van der Waals surface area (Å²) in [6.07, 6.45) is 0.00535. The minimum Gasteiger partial charge on any atom is -0.504 e. The molecule has 15 heteroatoms. The highest BCUT2D eigenvalue weighted by Crippen LogP contribution is 2.64. The number of aryl methyl sites for hydroxylation is 1. The Morgan fingerprint density at radius 1 is 1.11 bits per heavy atom. The number of nitrogens with one attached hydrogen (secondary N) is 2. The van der Waals surface area contributed by atoms with E-state index in [1.807, 2.05) is 33.9 Å². The molecule has 1 spiro atoms. The molecule has 2 unspecified atom stereocenters. The fraction of sp³-hybridized carbons (Fsp3) is 0.476. The van der Waals surface area contributed by atoms with Gasteiger partial charge in [0.2, 0.25) is 6.79 Å². The van der Waals surface area contributed by atoms with E-state index in [-0.39, 0.29) is 55.2 Å². The number of hydrogen-bond acceptors (Lipinski definition) is 13. The molecular weight excluding hydrogens is 756 g/mol. The third-order valence-corrected chi connectivity index (χ3v) is 14.6. The first-order valence-electron chi connectivity index (χ1n) is 19.4. The van der Waals surface area contributed by atoms with Crippen LogP contribution in [0.15, 0.2) is 24.3 Å². The molecule has 300 valence electrons. The van der Waals surface area contributed by atoms with E-state index in [4.69, 9.17) is 23.7 Å². The van der Waals surface area contributed by atoms with Crippen molar-refractivity contribution in [2.75, 3.05) is 39.9 Å². The molecule has 2 saturated heterocycles. The summed E-state index contributed by atoms with van der Waals surface area (Å²) in [7, 11) is 3.51. The van der Waals surface area contributed by atoms with E-state index in [0.29, 0.717) is 63.8 Å². The second kappa shape index (κ2) is 13.1. The fourth-order valence-corrected chi connectivity index (χ4v) is 12.6. The van der Waals surface area contributed by atoms with E-state index in [1.54, 1.807) is 6.07 Å². The van der Waals surface area contributed by atoms with Crippen LogP contribution in [-0.4, -0.2) is 101 Å². The Bertz CT molecular complexity index is 2400. The van der Waals surface area contributed by atoms with Crippen molar-refractivity contribution in [1.82, 2.24) is 20.1 Å². The number of aromatic hydroxyl groups is 1. The van der Waals surface area contributed by atoms with Crippen LogP contribution in [-0.2, 0) is 32.7 Å². The number of thioether (sulfide) groups is 1. The second-order valence-electron chi connectivity index (χ2n) is 16.3. The standard InChI is InChI=1S/C42H45FN4O9S/c1-17-9-21-11-26-41(51)47-27-13-53-14-28(49)42(40-24(10-18(2)45-42)23-12-22(43)7-8-25(23)44-40)15-57-39(33(47)32(46(26)5)29(21)34(50)35(17)52-6)31-30(27)38-37(54-16-55-38)19(3)36(31)56-20(4)48/h7-9,12,18,26-27,32-33,39,41,44-45,50-51H,10-11,13-16H2,1-6H3/t18?,26-,27-,32+,33?,39+,41-,42-/m0/s1. The summed E-state index contributed by atoms with van der Waals surface area (Å²) in [5.74, 6) is 0.782.